The molecule has 0 aromatic carbocycles. The number of hydrogen-bond acceptors (Lipinski definition) is 9. The number of unbranched alkanes of at least 4 members (excludes halogenated alkanes) is 1. The van der Waals surface area contributed by atoms with E-state index in [-0.39, 0.29) is 55.8 Å². The van der Waals surface area contributed by atoms with Crippen LogP contribution < -0.4 is 16.0 Å². The fourth-order valence-electron chi connectivity index (χ4n) is 8.56. The average molecular weight is 872 g/mol. The number of hydrogen-bond donors (Lipinski definition) is 3. The summed E-state index contributed by atoms with van der Waals surface area (Å²) in [6, 6.07) is -4.44. The van der Waals surface area contributed by atoms with E-state index in [1.165, 1.54) is 35.7 Å². The van der Waals surface area contributed by atoms with Gasteiger partial charge in [0.25, 0.3) is 5.91 Å². The maximum Gasteiger partial charge on any atom is 0.329 e. The molecule has 1 aliphatic carbocycles. The summed E-state index contributed by atoms with van der Waals surface area (Å²) in [6.45, 7) is 17.0. The molecule has 2 fully saturated rings. The SMILES string of the molecule is CCCC[C@@H](C)C[C@@H]1NC(=O)[C@H](CC2CCCCC2)N(C)C(=O)[C@H](CC(C)C)NC(=O)[C@H](CC(C)C)N(C)C(=O)C(C(C)CC)NC(=O)[C@@H](CCC#N)OC(=O)[C@H](C)N(C)C1=O. The van der Waals surface area contributed by atoms with Crippen molar-refractivity contribution in [3.8, 4) is 6.07 Å². The highest BCUT2D eigenvalue weighted by atomic mass is 16.5. The minimum atomic E-state index is -1.47. The predicted octanol–water partition coefficient (Wildman–Crippen LogP) is 5.50. The van der Waals surface area contributed by atoms with Gasteiger partial charge in [-0.1, -0.05) is 113 Å². The second-order valence-electron chi connectivity index (χ2n) is 19.2. The van der Waals surface area contributed by atoms with Crippen molar-refractivity contribution in [3.05, 3.63) is 0 Å². The molecule has 0 aromatic heterocycles. The van der Waals surface area contributed by atoms with Gasteiger partial charge in [-0.05, 0) is 62.2 Å². The molecule has 15 heteroatoms. The predicted molar refractivity (Wildman–Crippen MR) is 239 cm³/mol. The number of amides is 6. The first-order chi connectivity index (χ1) is 29.2. The number of carbonyl (C=O) groups is 7. The van der Waals surface area contributed by atoms with Crippen LogP contribution in [-0.2, 0) is 38.3 Å². The summed E-state index contributed by atoms with van der Waals surface area (Å²) < 4.78 is 5.75. The van der Waals surface area contributed by atoms with Gasteiger partial charge in [-0.3, -0.25) is 28.8 Å². The molecule has 3 N–H and O–H groups in total. The first kappa shape index (κ1) is 53.9. The van der Waals surface area contributed by atoms with E-state index in [1.54, 1.807) is 14.0 Å². The minimum Gasteiger partial charge on any atom is -0.451 e. The lowest BCUT2D eigenvalue weighted by Crippen LogP contribution is -2.60. The summed E-state index contributed by atoms with van der Waals surface area (Å²) in [7, 11) is 4.53. The summed E-state index contributed by atoms with van der Waals surface area (Å²) in [5.41, 5.74) is 0. The maximum atomic E-state index is 14.8. The molecule has 352 valence electrons. The van der Waals surface area contributed by atoms with E-state index in [2.05, 4.69) is 22.9 Å². The third-order valence-electron chi connectivity index (χ3n) is 13.0. The fraction of sp³-hybridized carbons (Fsp3) is 0.830. The number of ether oxygens (including phenoxy) is 1. The number of nitrogens with one attached hydrogen (secondary N) is 3. The van der Waals surface area contributed by atoms with Crippen molar-refractivity contribution in [2.24, 2.45) is 29.6 Å². The lowest BCUT2D eigenvalue weighted by atomic mass is 9.84. The van der Waals surface area contributed by atoms with E-state index in [9.17, 15) is 38.8 Å². The Morgan fingerprint density at radius 2 is 1.26 bits per heavy atom. The van der Waals surface area contributed by atoms with Crippen LogP contribution in [0.3, 0.4) is 0 Å². The number of esters is 1. The van der Waals surface area contributed by atoms with Crippen LogP contribution in [-0.4, -0.2) is 120 Å². The van der Waals surface area contributed by atoms with Crippen molar-refractivity contribution < 1.29 is 38.3 Å². The Balaban J connectivity index is 2.86. The monoisotopic (exact) mass is 872 g/mol. The highest BCUT2D eigenvalue weighted by molar-refractivity contribution is 5.97. The Hall–Kier alpha value is -4.22. The topological polar surface area (TPSA) is 198 Å². The summed E-state index contributed by atoms with van der Waals surface area (Å²) in [5, 5.41) is 18.2. The molecule has 0 bridgehead atoms. The molecule has 1 saturated carbocycles. The molecular formula is C47H81N7O8. The third kappa shape index (κ3) is 16.2. The minimum absolute atomic E-state index is 0.0215. The number of rotatable bonds is 15. The van der Waals surface area contributed by atoms with Crippen molar-refractivity contribution in [3.63, 3.8) is 0 Å². The zero-order valence-electron chi connectivity index (χ0n) is 40.1. The standard InChI is InChI=1S/C47H81N7O8/c1-13-15-20-31(7)27-36-44(58)52(10)33(9)47(61)62-39(23-19-24-48)43(57)51-40(32(8)14-2)46(60)54(12)37(26-30(5)6)41(55)49-35(25-29(3)4)45(59)53(11)38(42(56)50-36)28-34-21-17-16-18-22-34/h29-40H,13-23,25-28H2,1-12H3,(H,49,55)(H,50,56)(H,51,57)/t31-,32?,33+,35+,36+,37+,38+,39-,40?/m1/s1. The zero-order chi connectivity index (χ0) is 46.8. The van der Waals surface area contributed by atoms with Gasteiger partial charge in [0.15, 0.2) is 6.10 Å². The molecule has 1 aliphatic heterocycles. The number of carbonyl (C=O) groups excluding carboxylic acids is 7. The second kappa shape index (κ2) is 26.4. The van der Waals surface area contributed by atoms with Gasteiger partial charge in [-0.25, -0.2) is 4.79 Å². The van der Waals surface area contributed by atoms with Gasteiger partial charge in [0.1, 0.15) is 36.3 Å². The summed E-state index contributed by atoms with van der Waals surface area (Å²) in [6.07, 6.45) is 7.47. The number of nitriles is 1. The molecule has 9 atom stereocenters. The Bertz CT molecular complexity index is 1540. The Kier molecular flexibility index (Phi) is 23.0. The van der Waals surface area contributed by atoms with Crippen molar-refractivity contribution in [1.29, 1.82) is 5.26 Å². The Morgan fingerprint density at radius 3 is 1.81 bits per heavy atom. The third-order valence-corrected chi connectivity index (χ3v) is 13.0. The van der Waals surface area contributed by atoms with Crippen LogP contribution >= 0.6 is 0 Å². The summed E-state index contributed by atoms with van der Waals surface area (Å²) >= 11 is 0. The van der Waals surface area contributed by atoms with Crippen molar-refractivity contribution in [2.75, 3.05) is 21.1 Å². The van der Waals surface area contributed by atoms with Crippen LogP contribution in [0.4, 0.5) is 0 Å². The quantitative estimate of drug-likeness (QED) is 0.178. The normalized spacial score (nSPS) is 27.3. The van der Waals surface area contributed by atoms with E-state index >= 15 is 0 Å². The van der Waals surface area contributed by atoms with E-state index < -0.39 is 89.7 Å². The van der Waals surface area contributed by atoms with Gasteiger partial charge < -0.3 is 35.4 Å². The van der Waals surface area contributed by atoms with Gasteiger partial charge in [0.05, 0.1) is 6.07 Å². The highest BCUT2D eigenvalue weighted by Crippen LogP contribution is 2.30. The van der Waals surface area contributed by atoms with E-state index in [1.807, 2.05) is 47.6 Å². The van der Waals surface area contributed by atoms with E-state index in [0.717, 1.165) is 51.4 Å². The van der Waals surface area contributed by atoms with Crippen LogP contribution in [0.1, 0.15) is 159 Å². The molecular weight excluding hydrogens is 791 g/mol. The largest absolute Gasteiger partial charge is 0.451 e. The summed E-state index contributed by atoms with van der Waals surface area (Å²) in [4.78, 5) is 105. The van der Waals surface area contributed by atoms with Gasteiger partial charge in [-0.2, -0.15) is 5.26 Å². The lowest BCUT2D eigenvalue weighted by molar-refractivity contribution is -0.163. The molecule has 15 nitrogen and oxygen atoms in total. The number of nitrogens with zero attached hydrogens (tertiary/aromatic N) is 4. The van der Waals surface area contributed by atoms with Gasteiger partial charge >= 0.3 is 5.97 Å². The molecule has 0 radical (unpaired) electrons. The smallest absolute Gasteiger partial charge is 0.329 e. The summed E-state index contributed by atoms with van der Waals surface area (Å²) in [5.74, 6) is -4.57. The molecule has 2 rings (SSSR count). The van der Waals surface area contributed by atoms with Crippen molar-refractivity contribution in [1.82, 2.24) is 30.7 Å². The van der Waals surface area contributed by atoms with Gasteiger partial charge in [-0.15, -0.1) is 0 Å². The van der Waals surface area contributed by atoms with Crippen LogP contribution in [0.25, 0.3) is 0 Å². The molecule has 0 spiro atoms. The maximum absolute atomic E-state index is 14.8. The molecule has 0 aromatic rings. The molecule has 1 heterocycles. The molecule has 6 amide bonds. The Labute approximate surface area is 372 Å². The van der Waals surface area contributed by atoms with Crippen LogP contribution in [0.5, 0.6) is 0 Å². The molecule has 62 heavy (non-hydrogen) atoms. The van der Waals surface area contributed by atoms with Crippen molar-refractivity contribution >= 4 is 41.4 Å². The van der Waals surface area contributed by atoms with E-state index in [4.69, 9.17) is 4.74 Å². The first-order valence-electron chi connectivity index (χ1n) is 23.5. The highest BCUT2D eigenvalue weighted by Gasteiger charge is 2.41. The molecule has 2 unspecified atom stereocenters. The lowest BCUT2D eigenvalue weighted by Gasteiger charge is -2.37. The van der Waals surface area contributed by atoms with Crippen molar-refractivity contribution in [2.45, 2.75) is 201 Å². The molecule has 2 aliphatic rings. The number of cyclic esters (lactones) is 1. The zero-order valence-corrected chi connectivity index (χ0v) is 40.1. The second-order valence-corrected chi connectivity index (χ2v) is 19.2. The Morgan fingerprint density at radius 1 is 0.710 bits per heavy atom. The molecule has 1 saturated heterocycles. The first-order valence-corrected chi connectivity index (χ1v) is 23.5. The van der Waals surface area contributed by atoms with Crippen LogP contribution in [0.2, 0.25) is 0 Å². The van der Waals surface area contributed by atoms with E-state index in [0.29, 0.717) is 12.8 Å². The van der Waals surface area contributed by atoms with Gasteiger partial charge in [0, 0.05) is 34.0 Å². The van der Waals surface area contributed by atoms with Gasteiger partial charge in [0.2, 0.25) is 29.5 Å². The number of likely N-dealkylation sites (N-methyl/N-ethyl adjacent to an activating group) is 3. The van der Waals surface area contributed by atoms with Crippen LogP contribution in [0.15, 0.2) is 0 Å². The fourth-order valence-corrected chi connectivity index (χ4v) is 8.56. The average Bonchev–Trinajstić information content (AvgIpc) is 3.24. The van der Waals surface area contributed by atoms with Crippen LogP contribution in [0, 0.1) is 40.9 Å².